The molecule has 2 atom stereocenters. The molecule has 0 aromatic rings. The normalized spacial score (nSPS) is 22.1. The molecule has 2 unspecified atom stereocenters. The molecule has 7 heteroatoms. The van der Waals surface area contributed by atoms with Gasteiger partial charge in [0.15, 0.2) is 0 Å². The Hall–Kier alpha value is -1.63. The van der Waals surface area contributed by atoms with Crippen LogP contribution in [0.5, 0.6) is 0 Å². The van der Waals surface area contributed by atoms with E-state index in [4.69, 9.17) is 5.11 Å². The number of carboxylic acid groups (broad SMARTS) is 1. The third-order valence-corrected chi connectivity index (χ3v) is 3.40. The Bertz CT molecular complexity index is 360. The molecular formula is C13H23N3O4. The van der Waals surface area contributed by atoms with Crippen LogP contribution in [0.1, 0.15) is 32.6 Å². The molecule has 0 aliphatic heterocycles. The van der Waals surface area contributed by atoms with Crippen molar-refractivity contribution in [3.8, 4) is 0 Å². The summed E-state index contributed by atoms with van der Waals surface area (Å²) in [5.41, 5.74) is 0. The topological polar surface area (TPSA) is 108 Å². The molecule has 0 heterocycles. The van der Waals surface area contributed by atoms with Crippen LogP contribution in [0.15, 0.2) is 0 Å². The second-order valence-corrected chi connectivity index (χ2v) is 5.11. The molecule has 0 bridgehead atoms. The summed E-state index contributed by atoms with van der Waals surface area (Å²) in [6, 6.07) is 0.0888. The van der Waals surface area contributed by atoms with Crippen LogP contribution in [0.2, 0.25) is 0 Å². The Morgan fingerprint density at radius 2 is 1.85 bits per heavy atom. The highest BCUT2D eigenvalue weighted by Crippen LogP contribution is 2.24. The smallest absolute Gasteiger partial charge is 0.306 e. The van der Waals surface area contributed by atoms with E-state index in [2.05, 4.69) is 16.0 Å². The quantitative estimate of drug-likeness (QED) is 0.470. The molecule has 1 aliphatic carbocycles. The second-order valence-electron chi connectivity index (χ2n) is 5.11. The van der Waals surface area contributed by atoms with Crippen LogP contribution < -0.4 is 16.0 Å². The van der Waals surface area contributed by atoms with Crippen molar-refractivity contribution >= 4 is 17.8 Å². The fourth-order valence-corrected chi connectivity index (χ4v) is 2.34. The van der Waals surface area contributed by atoms with Gasteiger partial charge in [0.05, 0.1) is 12.5 Å². The zero-order valence-electron chi connectivity index (χ0n) is 11.8. The van der Waals surface area contributed by atoms with Gasteiger partial charge in [-0.2, -0.15) is 0 Å². The van der Waals surface area contributed by atoms with E-state index in [1.54, 1.807) is 0 Å². The lowest BCUT2D eigenvalue weighted by Gasteiger charge is -2.27. The fraction of sp³-hybridized carbons (Fsp3) is 0.769. The summed E-state index contributed by atoms with van der Waals surface area (Å²) in [6.45, 7) is 2.40. The van der Waals surface area contributed by atoms with Gasteiger partial charge in [0.25, 0.3) is 0 Å². The largest absolute Gasteiger partial charge is 0.481 e. The lowest BCUT2D eigenvalue weighted by atomic mass is 9.86. The van der Waals surface area contributed by atoms with E-state index in [1.165, 1.54) is 6.92 Å². The molecule has 114 valence electrons. The third-order valence-electron chi connectivity index (χ3n) is 3.40. The maximum atomic E-state index is 11.5. The number of rotatable bonds is 7. The minimum atomic E-state index is -0.753. The van der Waals surface area contributed by atoms with Gasteiger partial charge in [0.2, 0.25) is 11.8 Å². The average molecular weight is 285 g/mol. The molecule has 0 aromatic heterocycles. The Morgan fingerprint density at radius 3 is 2.50 bits per heavy atom. The standard InChI is InChI=1S/C13H23N3O4/c1-9(17)14-5-6-15-12(18)8-16-11-4-2-3-10(7-11)13(19)20/h10-11,16H,2-8H2,1H3,(H,14,17)(H,15,18)(H,19,20). The number of amides is 2. The van der Waals surface area contributed by atoms with Crippen LogP contribution in [0.4, 0.5) is 0 Å². The van der Waals surface area contributed by atoms with Gasteiger partial charge < -0.3 is 21.1 Å². The fourth-order valence-electron chi connectivity index (χ4n) is 2.34. The van der Waals surface area contributed by atoms with Crippen molar-refractivity contribution in [3.05, 3.63) is 0 Å². The summed E-state index contributed by atoms with van der Waals surface area (Å²) in [5.74, 6) is -1.33. The van der Waals surface area contributed by atoms with Gasteiger partial charge in [-0.3, -0.25) is 14.4 Å². The summed E-state index contributed by atoms with van der Waals surface area (Å²) in [4.78, 5) is 33.1. The number of hydrogen-bond acceptors (Lipinski definition) is 4. The van der Waals surface area contributed by atoms with Crippen LogP contribution in [0, 0.1) is 5.92 Å². The molecule has 4 N–H and O–H groups in total. The molecule has 0 radical (unpaired) electrons. The minimum Gasteiger partial charge on any atom is -0.481 e. The van der Waals surface area contributed by atoms with Gasteiger partial charge in [-0.05, 0) is 19.3 Å². The number of hydrogen-bond donors (Lipinski definition) is 4. The first-order chi connectivity index (χ1) is 9.49. The molecule has 20 heavy (non-hydrogen) atoms. The summed E-state index contributed by atoms with van der Waals surface area (Å²) in [5, 5.41) is 17.3. The van der Waals surface area contributed by atoms with Gasteiger partial charge in [-0.15, -0.1) is 0 Å². The minimum absolute atomic E-state index is 0.0888. The van der Waals surface area contributed by atoms with E-state index in [0.29, 0.717) is 19.5 Å². The summed E-state index contributed by atoms with van der Waals surface area (Å²) >= 11 is 0. The van der Waals surface area contributed by atoms with E-state index in [0.717, 1.165) is 19.3 Å². The number of carbonyl (C=O) groups is 3. The molecule has 1 saturated carbocycles. The van der Waals surface area contributed by atoms with Crippen LogP contribution in [0.3, 0.4) is 0 Å². The molecule has 1 fully saturated rings. The third kappa shape index (κ3) is 6.51. The van der Waals surface area contributed by atoms with E-state index < -0.39 is 5.97 Å². The summed E-state index contributed by atoms with van der Waals surface area (Å²) in [7, 11) is 0. The van der Waals surface area contributed by atoms with Crippen LogP contribution in [-0.4, -0.2) is 48.6 Å². The number of aliphatic carboxylic acids is 1. The highest BCUT2D eigenvalue weighted by molar-refractivity contribution is 5.78. The molecule has 2 amide bonds. The predicted octanol–water partition coefficient (Wildman–Crippen LogP) is -0.528. The summed E-state index contributed by atoms with van der Waals surface area (Å²) in [6.07, 6.45) is 3.08. The van der Waals surface area contributed by atoms with E-state index >= 15 is 0 Å². The van der Waals surface area contributed by atoms with Gasteiger partial charge >= 0.3 is 5.97 Å². The van der Waals surface area contributed by atoms with Gasteiger partial charge in [-0.25, -0.2) is 0 Å². The number of carbonyl (C=O) groups excluding carboxylic acids is 2. The van der Waals surface area contributed by atoms with E-state index in [1.807, 2.05) is 0 Å². The van der Waals surface area contributed by atoms with Gasteiger partial charge in [0, 0.05) is 26.1 Å². The van der Waals surface area contributed by atoms with Crippen LogP contribution >= 0.6 is 0 Å². The maximum absolute atomic E-state index is 11.5. The second kappa shape index (κ2) is 8.52. The highest BCUT2D eigenvalue weighted by Gasteiger charge is 2.26. The molecule has 1 rings (SSSR count). The Morgan fingerprint density at radius 1 is 1.15 bits per heavy atom. The van der Waals surface area contributed by atoms with Crippen molar-refractivity contribution in [2.24, 2.45) is 5.92 Å². The van der Waals surface area contributed by atoms with Gasteiger partial charge in [0.1, 0.15) is 0 Å². The molecule has 7 nitrogen and oxygen atoms in total. The van der Waals surface area contributed by atoms with E-state index in [9.17, 15) is 14.4 Å². The summed E-state index contributed by atoms with van der Waals surface area (Å²) < 4.78 is 0. The molecule has 0 aromatic carbocycles. The van der Waals surface area contributed by atoms with Crippen molar-refractivity contribution in [2.45, 2.75) is 38.6 Å². The SMILES string of the molecule is CC(=O)NCCNC(=O)CNC1CCCC(C(=O)O)C1. The number of carboxylic acids is 1. The Kier molecular flexibility index (Phi) is 7.00. The van der Waals surface area contributed by atoms with Crippen molar-refractivity contribution in [1.29, 1.82) is 0 Å². The maximum Gasteiger partial charge on any atom is 0.306 e. The first-order valence-corrected chi connectivity index (χ1v) is 6.96. The Balaban J connectivity index is 2.14. The molecular weight excluding hydrogens is 262 g/mol. The first kappa shape index (κ1) is 16.4. The van der Waals surface area contributed by atoms with Crippen molar-refractivity contribution < 1.29 is 19.5 Å². The first-order valence-electron chi connectivity index (χ1n) is 6.96. The molecule has 1 aliphatic rings. The zero-order chi connectivity index (χ0) is 15.0. The van der Waals surface area contributed by atoms with Crippen molar-refractivity contribution in [2.75, 3.05) is 19.6 Å². The monoisotopic (exact) mass is 285 g/mol. The van der Waals surface area contributed by atoms with Crippen molar-refractivity contribution in [1.82, 2.24) is 16.0 Å². The number of nitrogens with one attached hydrogen (secondary N) is 3. The zero-order valence-corrected chi connectivity index (χ0v) is 11.8. The molecule has 0 saturated heterocycles. The lowest BCUT2D eigenvalue weighted by Crippen LogP contribution is -2.43. The van der Waals surface area contributed by atoms with E-state index in [-0.39, 0.29) is 30.3 Å². The van der Waals surface area contributed by atoms with Crippen LogP contribution in [-0.2, 0) is 14.4 Å². The predicted molar refractivity (Wildman–Crippen MR) is 73.1 cm³/mol. The lowest BCUT2D eigenvalue weighted by molar-refractivity contribution is -0.143. The molecule has 0 spiro atoms. The average Bonchev–Trinajstić information content (AvgIpc) is 2.41. The Labute approximate surface area is 118 Å². The van der Waals surface area contributed by atoms with Gasteiger partial charge in [-0.1, -0.05) is 6.42 Å². The highest BCUT2D eigenvalue weighted by atomic mass is 16.4. The van der Waals surface area contributed by atoms with Crippen LogP contribution in [0.25, 0.3) is 0 Å². The van der Waals surface area contributed by atoms with Crippen molar-refractivity contribution in [3.63, 3.8) is 0 Å².